The molecule has 0 spiro atoms. The van der Waals surface area contributed by atoms with Crippen LogP contribution < -0.4 is 5.32 Å². The number of benzene rings is 1. The Bertz CT molecular complexity index is 592. The van der Waals surface area contributed by atoms with Crippen LogP contribution in [0.1, 0.15) is 5.56 Å². The van der Waals surface area contributed by atoms with Gasteiger partial charge in [0.15, 0.2) is 0 Å². The monoisotopic (exact) mass is 370 g/mol. The quantitative estimate of drug-likeness (QED) is 0.810. The SMILES string of the molecule is O=C(CSc1ccc(Br)cn1)NCc1cccc(Cl)c1. The number of nitrogens with one attached hydrogen (secondary N) is 1. The van der Waals surface area contributed by atoms with Gasteiger partial charge in [0.05, 0.1) is 10.8 Å². The molecule has 0 aliphatic rings. The van der Waals surface area contributed by atoms with E-state index in [-0.39, 0.29) is 5.91 Å². The van der Waals surface area contributed by atoms with Crippen molar-refractivity contribution in [3.8, 4) is 0 Å². The van der Waals surface area contributed by atoms with Crippen LogP contribution in [0.5, 0.6) is 0 Å². The van der Waals surface area contributed by atoms with Crippen LogP contribution in [-0.2, 0) is 11.3 Å². The Morgan fingerprint density at radius 1 is 1.35 bits per heavy atom. The van der Waals surface area contributed by atoms with E-state index in [0.29, 0.717) is 17.3 Å². The molecule has 0 saturated heterocycles. The normalized spacial score (nSPS) is 10.3. The molecular weight excluding hydrogens is 360 g/mol. The van der Waals surface area contributed by atoms with Gasteiger partial charge in [0.2, 0.25) is 5.91 Å². The fourth-order valence-electron chi connectivity index (χ4n) is 1.49. The van der Waals surface area contributed by atoms with Crippen molar-refractivity contribution in [2.45, 2.75) is 11.6 Å². The third-order valence-electron chi connectivity index (χ3n) is 2.43. The van der Waals surface area contributed by atoms with E-state index < -0.39 is 0 Å². The van der Waals surface area contributed by atoms with E-state index in [0.717, 1.165) is 15.1 Å². The van der Waals surface area contributed by atoms with Gasteiger partial charge < -0.3 is 5.32 Å². The standard InChI is InChI=1S/C14H12BrClN2OS/c15-11-4-5-14(18-8-11)20-9-13(19)17-7-10-2-1-3-12(16)6-10/h1-6,8H,7,9H2,(H,17,19). The van der Waals surface area contributed by atoms with Crippen LogP contribution in [0.2, 0.25) is 5.02 Å². The molecular formula is C14H12BrClN2OS. The molecule has 0 aliphatic carbocycles. The number of thioether (sulfide) groups is 1. The first-order chi connectivity index (χ1) is 9.63. The Balaban J connectivity index is 1.77. The lowest BCUT2D eigenvalue weighted by Crippen LogP contribution is -2.24. The summed E-state index contributed by atoms with van der Waals surface area (Å²) >= 11 is 10.6. The molecule has 1 N–H and O–H groups in total. The number of nitrogens with zero attached hydrogens (tertiary/aromatic N) is 1. The molecule has 2 rings (SSSR count). The molecule has 0 bridgehead atoms. The fraction of sp³-hybridized carbons (Fsp3) is 0.143. The van der Waals surface area contributed by atoms with Gasteiger partial charge >= 0.3 is 0 Å². The Kier molecular flexibility index (Phi) is 5.88. The summed E-state index contributed by atoms with van der Waals surface area (Å²) in [7, 11) is 0. The van der Waals surface area contributed by atoms with Crippen LogP contribution in [0.3, 0.4) is 0 Å². The summed E-state index contributed by atoms with van der Waals surface area (Å²) in [4.78, 5) is 15.9. The molecule has 3 nitrogen and oxygen atoms in total. The predicted octanol–water partition coefficient (Wildman–Crippen LogP) is 3.91. The lowest BCUT2D eigenvalue weighted by atomic mass is 10.2. The van der Waals surface area contributed by atoms with E-state index in [9.17, 15) is 4.79 Å². The predicted molar refractivity (Wildman–Crippen MR) is 86.0 cm³/mol. The van der Waals surface area contributed by atoms with Crippen LogP contribution in [-0.4, -0.2) is 16.6 Å². The molecule has 20 heavy (non-hydrogen) atoms. The summed E-state index contributed by atoms with van der Waals surface area (Å²) in [6.45, 7) is 0.480. The second-order valence-electron chi connectivity index (χ2n) is 4.01. The first-order valence-electron chi connectivity index (χ1n) is 5.89. The van der Waals surface area contributed by atoms with E-state index >= 15 is 0 Å². The summed E-state index contributed by atoms with van der Waals surface area (Å²) in [6.07, 6.45) is 1.71. The largest absolute Gasteiger partial charge is 0.351 e. The maximum atomic E-state index is 11.7. The molecule has 0 radical (unpaired) electrons. The summed E-state index contributed by atoms with van der Waals surface area (Å²) in [5, 5.41) is 4.35. The fourth-order valence-corrected chi connectivity index (χ4v) is 2.61. The van der Waals surface area contributed by atoms with Gasteiger partial charge in [0.25, 0.3) is 0 Å². The van der Waals surface area contributed by atoms with Gasteiger partial charge in [-0.2, -0.15) is 0 Å². The molecule has 6 heteroatoms. The zero-order valence-corrected chi connectivity index (χ0v) is 13.6. The molecule has 0 fully saturated rings. The molecule has 0 atom stereocenters. The van der Waals surface area contributed by atoms with Gasteiger partial charge in [-0.15, -0.1) is 0 Å². The molecule has 2 aromatic rings. The zero-order chi connectivity index (χ0) is 14.4. The van der Waals surface area contributed by atoms with E-state index in [1.165, 1.54) is 11.8 Å². The van der Waals surface area contributed by atoms with E-state index in [4.69, 9.17) is 11.6 Å². The molecule has 1 aromatic carbocycles. The molecule has 1 aromatic heterocycles. The number of aromatic nitrogens is 1. The Morgan fingerprint density at radius 3 is 2.90 bits per heavy atom. The second kappa shape index (κ2) is 7.67. The molecule has 0 unspecified atom stereocenters. The van der Waals surface area contributed by atoms with Crippen molar-refractivity contribution in [1.82, 2.24) is 10.3 Å². The molecule has 1 amide bonds. The van der Waals surface area contributed by atoms with Crippen molar-refractivity contribution >= 4 is 45.2 Å². The smallest absolute Gasteiger partial charge is 0.230 e. The van der Waals surface area contributed by atoms with E-state index in [1.54, 1.807) is 6.20 Å². The van der Waals surface area contributed by atoms with Crippen molar-refractivity contribution in [3.63, 3.8) is 0 Å². The van der Waals surface area contributed by atoms with Crippen molar-refractivity contribution in [2.24, 2.45) is 0 Å². The van der Waals surface area contributed by atoms with Crippen LogP contribution in [0, 0.1) is 0 Å². The number of carbonyl (C=O) groups excluding carboxylic acids is 1. The minimum Gasteiger partial charge on any atom is -0.351 e. The molecule has 1 heterocycles. The van der Waals surface area contributed by atoms with Gasteiger partial charge in [-0.1, -0.05) is 35.5 Å². The second-order valence-corrected chi connectivity index (χ2v) is 6.36. The third-order valence-corrected chi connectivity index (χ3v) is 4.08. The van der Waals surface area contributed by atoms with Crippen molar-refractivity contribution in [1.29, 1.82) is 0 Å². The first kappa shape index (κ1) is 15.4. The van der Waals surface area contributed by atoms with Gasteiger partial charge in [0.1, 0.15) is 0 Å². The number of rotatable bonds is 5. The average Bonchev–Trinajstić information content (AvgIpc) is 2.45. The minimum atomic E-state index is -0.0281. The number of hydrogen-bond donors (Lipinski definition) is 1. The number of hydrogen-bond acceptors (Lipinski definition) is 3. The zero-order valence-electron chi connectivity index (χ0n) is 10.5. The van der Waals surface area contributed by atoms with Gasteiger partial charge in [-0.25, -0.2) is 4.98 Å². The average molecular weight is 372 g/mol. The van der Waals surface area contributed by atoms with E-state index in [2.05, 4.69) is 26.2 Å². The van der Waals surface area contributed by atoms with Crippen molar-refractivity contribution < 1.29 is 4.79 Å². The van der Waals surface area contributed by atoms with E-state index in [1.807, 2.05) is 36.4 Å². The lowest BCUT2D eigenvalue weighted by molar-refractivity contribution is -0.118. The number of carbonyl (C=O) groups is 1. The summed E-state index contributed by atoms with van der Waals surface area (Å²) < 4.78 is 0.923. The first-order valence-corrected chi connectivity index (χ1v) is 8.04. The maximum Gasteiger partial charge on any atom is 0.230 e. The lowest BCUT2D eigenvalue weighted by Gasteiger charge is -2.05. The van der Waals surface area contributed by atoms with Crippen LogP contribution >= 0.6 is 39.3 Å². The molecule has 104 valence electrons. The topological polar surface area (TPSA) is 42.0 Å². The maximum absolute atomic E-state index is 11.7. The van der Waals surface area contributed by atoms with Crippen LogP contribution in [0.25, 0.3) is 0 Å². The molecule has 0 aliphatic heterocycles. The highest BCUT2D eigenvalue weighted by molar-refractivity contribution is 9.10. The Labute approximate surface area is 135 Å². The highest BCUT2D eigenvalue weighted by atomic mass is 79.9. The van der Waals surface area contributed by atoms with Crippen LogP contribution in [0.4, 0.5) is 0 Å². The highest BCUT2D eigenvalue weighted by Crippen LogP contribution is 2.17. The number of halogens is 2. The van der Waals surface area contributed by atoms with Gasteiger partial charge in [-0.05, 0) is 45.8 Å². The number of pyridine rings is 1. The molecule has 0 saturated carbocycles. The minimum absolute atomic E-state index is 0.0281. The Hall–Kier alpha value is -1.04. The summed E-state index contributed by atoms with van der Waals surface area (Å²) in [5.41, 5.74) is 0.984. The summed E-state index contributed by atoms with van der Waals surface area (Å²) in [6, 6.07) is 11.2. The van der Waals surface area contributed by atoms with Gasteiger partial charge in [0, 0.05) is 22.2 Å². The van der Waals surface area contributed by atoms with Gasteiger partial charge in [-0.3, -0.25) is 4.79 Å². The third kappa shape index (κ3) is 5.15. The summed E-state index contributed by atoms with van der Waals surface area (Å²) in [5.74, 6) is 0.314. The highest BCUT2D eigenvalue weighted by Gasteiger charge is 2.04. The van der Waals surface area contributed by atoms with Crippen LogP contribution in [0.15, 0.2) is 52.1 Å². The number of amides is 1. The van der Waals surface area contributed by atoms with Crippen molar-refractivity contribution in [3.05, 3.63) is 57.7 Å². The van der Waals surface area contributed by atoms with Crippen molar-refractivity contribution in [2.75, 3.05) is 5.75 Å². The Morgan fingerprint density at radius 2 is 2.20 bits per heavy atom.